The number of hydrogen-bond donors (Lipinski definition) is 1. The van der Waals surface area contributed by atoms with E-state index in [0.29, 0.717) is 32.4 Å². The molecule has 3 aromatic carbocycles. The molecule has 4 rings (SSSR count). The van der Waals surface area contributed by atoms with Crippen LogP contribution in [0.2, 0.25) is 20.1 Å². The normalized spacial score (nSPS) is 11.3. The van der Waals surface area contributed by atoms with Gasteiger partial charge in [-0.05, 0) is 42.0 Å². The van der Waals surface area contributed by atoms with E-state index in [4.69, 9.17) is 51.1 Å². The van der Waals surface area contributed by atoms with Gasteiger partial charge in [0.2, 0.25) is 0 Å². The van der Waals surface area contributed by atoms with Crippen LogP contribution in [0.4, 0.5) is 0 Å². The predicted molar refractivity (Wildman–Crippen MR) is 135 cm³/mol. The fourth-order valence-corrected chi connectivity index (χ4v) is 4.07. The number of fused-ring (bicyclic) bond motifs is 1. The first-order valence-corrected chi connectivity index (χ1v) is 11.3. The molecule has 0 fully saturated rings. The molecule has 0 bridgehead atoms. The van der Waals surface area contributed by atoms with Crippen LogP contribution in [-0.2, 0) is 11.3 Å². The highest BCUT2D eigenvalue weighted by molar-refractivity contribution is 6.42. The largest absolute Gasteiger partial charge is 0.482 e. The number of rotatable bonds is 7. The van der Waals surface area contributed by atoms with Crippen LogP contribution in [0.1, 0.15) is 11.1 Å². The van der Waals surface area contributed by atoms with Crippen molar-refractivity contribution in [3.8, 4) is 5.75 Å². The zero-order valence-corrected chi connectivity index (χ0v) is 20.1. The summed E-state index contributed by atoms with van der Waals surface area (Å²) in [6, 6.07) is 18.3. The van der Waals surface area contributed by atoms with Gasteiger partial charge in [-0.1, -0.05) is 70.7 Å². The van der Waals surface area contributed by atoms with Gasteiger partial charge in [0.05, 0.1) is 21.3 Å². The summed E-state index contributed by atoms with van der Waals surface area (Å²) in [7, 11) is 0. The molecule has 1 aromatic heterocycles. The molecule has 0 aliphatic heterocycles. The van der Waals surface area contributed by atoms with Crippen LogP contribution in [-0.4, -0.2) is 23.3 Å². The number of nitrogens with zero attached hydrogens (tertiary/aromatic N) is 2. The molecule has 0 aliphatic rings. The molecule has 1 amide bonds. The zero-order valence-electron chi connectivity index (χ0n) is 17.1. The standard InChI is InChI=1S/C24H17Cl4N3O2/c25-17-6-8-23(21(28)10-17)33-14-24(32)30-29-11-16-13-31(22-4-2-1-3-18(16)22)12-15-5-7-19(26)20(27)9-15/h1-11,13H,12,14H2,(H,30,32)/b29-11-. The number of nitrogens with one attached hydrogen (secondary N) is 1. The fourth-order valence-electron chi connectivity index (χ4n) is 3.29. The van der Waals surface area contributed by atoms with E-state index in [1.165, 1.54) is 0 Å². The van der Waals surface area contributed by atoms with Crippen LogP contribution in [0.15, 0.2) is 72.0 Å². The van der Waals surface area contributed by atoms with E-state index in [0.717, 1.165) is 22.0 Å². The van der Waals surface area contributed by atoms with Gasteiger partial charge in [0.25, 0.3) is 5.91 Å². The number of benzene rings is 3. The van der Waals surface area contributed by atoms with Gasteiger partial charge in [-0.15, -0.1) is 0 Å². The van der Waals surface area contributed by atoms with Crippen molar-refractivity contribution in [2.45, 2.75) is 6.54 Å². The molecule has 0 radical (unpaired) electrons. The summed E-state index contributed by atoms with van der Waals surface area (Å²) >= 11 is 24.1. The Kier molecular flexibility index (Phi) is 7.46. The summed E-state index contributed by atoms with van der Waals surface area (Å²) in [5, 5.41) is 6.92. The van der Waals surface area contributed by atoms with Crippen molar-refractivity contribution >= 4 is 69.4 Å². The maximum Gasteiger partial charge on any atom is 0.277 e. The van der Waals surface area contributed by atoms with Crippen LogP contribution < -0.4 is 10.2 Å². The minimum Gasteiger partial charge on any atom is -0.482 e. The third-order valence-electron chi connectivity index (χ3n) is 4.80. The topological polar surface area (TPSA) is 55.6 Å². The molecule has 4 aromatic rings. The lowest BCUT2D eigenvalue weighted by molar-refractivity contribution is -0.123. The molecule has 0 aliphatic carbocycles. The summed E-state index contributed by atoms with van der Waals surface area (Å²) in [5.41, 5.74) is 5.36. The van der Waals surface area contributed by atoms with E-state index < -0.39 is 5.91 Å². The lowest BCUT2D eigenvalue weighted by Gasteiger charge is -2.07. The molecular formula is C24H17Cl4N3O2. The van der Waals surface area contributed by atoms with Crippen molar-refractivity contribution in [3.63, 3.8) is 0 Å². The van der Waals surface area contributed by atoms with Crippen LogP contribution in [0.3, 0.4) is 0 Å². The van der Waals surface area contributed by atoms with Crippen LogP contribution in [0, 0.1) is 0 Å². The van der Waals surface area contributed by atoms with Gasteiger partial charge in [0.15, 0.2) is 6.61 Å². The Labute approximate surface area is 210 Å². The summed E-state index contributed by atoms with van der Waals surface area (Å²) in [6.45, 7) is 0.366. The predicted octanol–water partition coefficient (Wildman–Crippen LogP) is 6.83. The summed E-state index contributed by atoms with van der Waals surface area (Å²) in [5.74, 6) is -0.0534. The third-order valence-corrected chi connectivity index (χ3v) is 6.07. The molecule has 0 saturated carbocycles. The molecule has 0 spiro atoms. The first-order chi connectivity index (χ1) is 15.9. The minimum absolute atomic E-state index is 0.238. The number of carbonyl (C=O) groups excluding carboxylic acids is 1. The zero-order chi connectivity index (χ0) is 23.4. The molecular weight excluding hydrogens is 504 g/mol. The molecule has 0 saturated heterocycles. The number of aromatic nitrogens is 1. The van der Waals surface area contributed by atoms with Crippen molar-refractivity contribution in [2.75, 3.05) is 6.61 Å². The van der Waals surface area contributed by atoms with E-state index in [9.17, 15) is 4.79 Å². The highest BCUT2D eigenvalue weighted by Gasteiger charge is 2.09. The van der Waals surface area contributed by atoms with E-state index in [2.05, 4.69) is 15.1 Å². The van der Waals surface area contributed by atoms with Gasteiger partial charge in [0, 0.05) is 34.2 Å². The fraction of sp³-hybridized carbons (Fsp3) is 0.0833. The second-order valence-corrected chi connectivity index (χ2v) is 8.79. The monoisotopic (exact) mass is 519 g/mol. The van der Waals surface area contributed by atoms with Crippen LogP contribution in [0.5, 0.6) is 5.75 Å². The average molecular weight is 521 g/mol. The minimum atomic E-state index is -0.420. The Morgan fingerprint density at radius 2 is 1.79 bits per heavy atom. The molecule has 0 unspecified atom stereocenters. The van der Waals surface area contributed by atoms with Crippen molar-refractivity contribution in [3.05, 3.63) is 98.1 Å². The van der Waals surface area contributed by atoms with E-state index >= 15 is 0 Å². The maximum atomic E-state index is 12.1. The molecule has 0 atom stereocenters. The van der Waals surface area contributed by atoms with Crippen LogP contribution >= 0.6 is 46.4 Å². The number of carbonyl (C=O) groups is 1. The molecule has 9 heteroatoms. The lowest BCUT2D eigenvalue weighted by Crippen LogP contribution is -2.24. The number of hydrogen-bond acceptors (Lipinski definition) is 3. The van der Waals surface area contributed by atoms with E-state index in [1.807, 2.05) is 42.6 Å². The Morgan fingerprint density at radius 3 is 2.58 bits per heavy atom. The van der Waals surface area contributed by atoms with Gasteiger partial charge in [-0.25, -0.2) is 5.43 Å². The first-order valence-electron chi connectivity index (χ1n) is 9.82. The quantitative estimate of drug-likeness (QED) is 0.214. The van der Waals surface area contributed by atoms with Gasteiger partial charge in [-0.2, -0.15) is 5.10 Å². The Hall–Kier alpha value is -2.70. The highest BCUT2D eigenvalue weighted by Crippen LogP contribution is 2.27. The second kappa shape index (κ2) is 10.5. The van der Waals surface area contributed by atoms with Crippen molar-refractivity contribution in [2.24, 2.45) is 5.10 Å². The maximum absolute atomic E-state index is 12.1. The SMILES string of the molecule is O=C(COc1ccc(Cl)cc1Cl)N/N=C\c1cn(Cc2ccc(Cl)c(Cl)c2)c2ccccc12. The Balaban J connectivity index is 1.44. The lowest BCUT2D eigenvalue weighted by atomic mass is 10.2. The number of hydrazone groups is 1. The molecule has 1 heterocycles. The van der Waals surface area contributed by atoms with Gasteiger partial charge < -0.3 is 9.30 Å². The van der Waals surface area contributed by atoms with Gasteiger partial charge in [-0.3, -0.25) is 4.79 Å². The third kappa shape index (κ3) is 5.81. The summed E-state index contributed by atoms with van der Waals surface area (Å²) in [4.78, 5) is 12.1. The summed E-state index contributed by atoms with van der Waals surface area (Å²) in [6.07, 6.45) is 3.56. The van der Waals surface area contributed by atoms with Crippen molar-refractivity contribution in [1.29, 1.82) is 0 Å². The van der Waals surface area contributed by atoms with E-state index in [1.54, 1.807) is 30.5 Å². The number of halogens is 4. The van der Waals surface area contributed by atoms with Crippen molar-refractivity contribution in [1.82, 2.24) is 9.99 Å². The number of para-hydroxylation sites is 1. The molecule has 5 nitrogen and oxygen atoms in total. The average Bonchev–Trinajstić information content (AvgIpc) is 3.13. The smallest absolute Gasteiger partial charge is 0.277 e. The molecule has 1 N–H and O–H groups in total. The highest BCUT2D eigenvalue weighted by atomic mass is 35.5. The van der Waals surface area contributed by atoms with Crippen LogP contribution in [0.25, 0.3) is 10.9 Å². The van der Waals surface area contributed by atoms with Gasteiger partial charge in [0.1, 0.15) is 5.75 Å². The second-order valence-electron chi connectivity index (χ2n) is 7.13. The van der Waals surface area contributed by atoms with Crippen molar-refractivity contribution < 1.29 is 9.53 Å². The number of amides is 1. The first kappa shape index (κ1) is 23.5. The summed E-state index contributed by atoms with van der Waals surface area (Å²) < 4.78 is 7.50. The Bertz CT molecular complexity index is 1350. The molecule has 33 heavy (non-hydrogen) atoms. The number of ether oxygens (including phenoxy) is 1. The van der Waals surface area contributed by atoms with E-state index in [-0.39, 0.29) is 6.61 Å². The molecule has 168 valence electrons. The van der Waals surface area contributed by atoms with Gasteiger partial charge >= 0.3 is 0 Å². The Morgan fingerprint density at radius 1 is 0.970 bits per heavy atom.